The van der Waals surface area contributed by atoms with Gasteiger partial charge in [-0.15, -0.1) is 0 Å². The van der Waals surface area contributed by atoms with E-state index in [0.717, 1.165) is 43.9 Å². The Bertz CT molecular complexity index is 338. The van der Waals surface area contributed by atoms with Crippen LogP contribution in [-0.4, -0.2) is 34.3 Å². The fourth-order valence-electron chi connectivity index (χ4n) is 3.09. The van der Waals surface area contributed by atoms with Crippen molar-refractivity contribution in [2.45, 2.75) is 63.3 Å². The summed E-state index contributed by atoms with van der Waals surface area (Å²) in [5.41, 5.74) is -0.577. The number of urea groups is 1. The van der Waals surface area contributed by atoms with Crippen molar-refractivity contribution in [1.29, 1.82) is 0 Å². The molecule has 1 saturated heterocycles. The SMILES string of the molecule is O=C1NC2(CCCCCCC2)C(=O)N1CCCCBr. The summed E-state index contributed by atoms with van der Waals surface area (Å²) < 4.78 is 0. The van der Waals surface area contributed by atoms with Crippen LogP contribution < -0.4 is 5.32 Å². The quantitative estimate of drug-likeness (QED) is 0.489. The van der Waals surface area contributed by atoms with Crippen LogP contribution in [0.5, 0.6) is 0 Å². The number of nitrogens with zero attached hydrogens (tertiary/aromatic N) is 1. The second-order valence-electron chi connectivity index (χ2n) is 5.63. The van der Waals surface area contributed by atoms with E-state index in [1.54, 1.807) is 0 Å². The molecule has 0 aromatic rings. The minimum atomic E-state index is -0.577. The minimum Gasteiger partial charge on any atom is -0.323 e. The molecule has 0 atom stereocenters. The summed E-state index contributed by atoms with van der Waals surface area (Å²) in [6, 6.07) is -0.180. The van der Waals surface area contributed by atoms with Crippen molar-refractivity contribution in [3.8, 4) is 0 Å². The molecule has 1 N–H and O–H groups in total. The van der Waals surface area contributed by atoms with E-state index in [-0.39, 0.29) is 11.9 Å². The summed E-state index contributed by atoms with van der Waals surface area (Å²) in [7, 11) is 0. The number of alkyl halides is 1. The molecule has 2 aliphatic rings. The predicted octanol–water partition coefficient (Wildman–Crippen LogP) is 3.20. The van der Waals surface area contributed by atoms with Crippen LogP contribution in [0, 0.1) is 0 Å². The van der Waals surface area contributed by atoms with Gasteiger partial charge in [-0.3, -0.25) is 9.69 Å². The van der Waals surface area contributed by atoms with Gasteiger partial charge in [0.05, 0.1) is 0 Å². The number of hydrogen-bond donors (Lipinski definition) is 1. The summed E-state index contributed by atoms with van der Waals surface area (Å²) in [5, 5.41) is 3.91. The summed E-state index contributed by atoms with van der Waals surface area (Å²) in [6.45, 7) is 0.554. The Morgan fingerprint density at radius 2 is 1.68 bits per heavy atom. The average Bonchev–Trinajstić information content (AvgIpc) is 2.59. The Morgan fingerprint density at radius 1 is 1.05 bits per heavy atom. The van der Waals surface area contributed by atoms with E-state index in [0.29, 0.717) is 6.54 Å². The molecule has 5 heteroatoms. The maximum Gasteiger partial charge on any atom is 0.325 e. The van der Waals surface area contributed by atoms with Crippen molar-refractivity contribution < 1.29 is 9.59 Å². The zero-order valence-corrected chi connectivity index (χ0v) is 13.0. The zero-order valence-electron chi connectivity index (χ0n) is 11.4. The number of nitrogens with one attached hydrogen (secondary N) is 1. The van der Waals surface area contributed by atoms with Crippen LogP contribution in [-0.2, 0) is 4.79 Å². The van der Waals surface area contributed by atoms with Gasteiger partial charge in [0.2, 0.25) is 0 Å². The van der Waals surface area contributed by atoms with Gasteiger partial charge in [-0.05, 0) is 25.7 Å². The Morgan fingerprint density at radius 3 is 2.32 bits per heavy atom. The lowest BCUT2D eigenvalue weighted by Gasteiger charge is -2.28. The van der Waals surface area contributed by atoms with Gasteiger partial charge in [-0.25, -0.2) is 4.79 Å². The maximum absolute atomic E-state index is 12.6. The number of unbranched alkanes of at least 4 members (excludes halogenated alkanes) is 1. The predicted molar refractivity (Wildman–Crippen MR) is 78.3 cm³/mol. The molecule has 0 aromatic carbocycles. The van der Waals surface area contributed by atoms with Crippen LogP contribution in [0.2, 0.25) is 0 Å². The van der Waals surface area contributed by atoms with Crippen LogP contribution in [0.1, 0.15) is 57.8 Å². The molecule has 1 aliphatic carbocycles. The number of carbonyl (C=O) groups excluding carboxylic acids is 2. The van der Waals surface area contributed by atoms with Crippen LogP contribution in [0.25, 0.3) is 0 Å². The van der Waals surface area contributed by atoms with E-state index < -0.39 is 5.54 Å². The van der Waals surface area contributed by atoms with Gasteiger partial charge in [0, 0.05) is 11.9 Å². The third-order valence-electron chi connectivity index (χ3n) is 4.22. The Balaban J connectivity index is 2.02. The summed E-state index contributed by atoms with van der Waals surface area (Å²) in [4.78, 5) is 26.1. The molecule has 0 bridgehead atoms. The monoisotopic (exact) mass is 330 g/mol. The Labute approximate surface area is 123 Å². The lowest BCUT2D eigenvalue weighted by atomic mass is 9.84. The molecule has 0 unspecified atom stereocenters. The first-order valence-corrected chi connectivity index (χ1v) is 8.52. The first-order valence-electron chi connectivity index (χ1n) is 7.40. The molecule has 1 spiro atoms. The highest BCUT2D eigenvalue weighted by molar-refractivity contribution is 9.09. The molecule has 0 aromatic heterocycles. The van der Waals surface area contributed by atoms with Gasteiger partial charge in [-0.1, -0.05) is 48.0 Å². The molecule has 108 valence electrons. The fraction of sp³-hybridized carbons (Fsp3) is 0.857. The number of amides is 3. The molecule has 0 radical (unpaired) electrons. The lowest BCUT2D eigenvalue weighted by molar-refractivity contribution is -0.132. The second kappa shape index (κ2) is 6.73. The molecule has 3 amide bonds. The van der Waals surface area contributed by atoms with Gasteiger partial charge in [0.1, 0.15) is 5.54 Å². The number of hydrogen-bond acceptors (Lipinski definition) is 2. The van der Waals surface area contributed by atoms with E-state index in [2.05, 4.69) is 21.2 Å². The van der Waals surface area contributed by atoms with Crippen molar-refractivity contribution in [2.75, 3.05) is 11.9 Å². The maximum atomic E-state index is 12.6. The van der Waals surface area contributed by atoms with E-state index in [4.69, 9.17) is 0 Å². The van der Waals surface area contributed by atoms with Crippen LogP contribution in [0.4, 0.5) is 4.79 Å². The Hall–Kier alpha value is -0.580. The smallest absolute Gasteiger partial charge is 0.323 e. The van der Waals surface area contributed by atoms with Gasteiger partial charge in [0.15, 0.2) is 0 Å². The summed E-state index contributed by atoms with van der Waals surface area (Å²) in [5.74, 6) is 0.0222. The molecule has 1 saturated carbocycles. The first-order chi connectivity index (χ1) is 9.19. The first kappa shape index (κ1) is 14.8. The highest BCUT2D eigenvalue weighted by Gasteiger charge is 2.49. The Kier molecular flexibility index (Phi) is 5.25. The third-order valence-corrected chi connectivity index (χ3v) is 4.78. The zero-order chi connectivity index (χ0) is 13.7. The van der Waals surface area contributed by atoms with Crippen LogP contribution in [0.15, 0.2) is 0 Å². The largest absolute Gasteiger partial charge is 0.325 e. The van der Waals surface area contributed by atoms with E-state index in [1.165, 1.54) is 24.2 Å². The van der Waals surface area contributed by atoms with Crippen LogP contribution >= 0.6 is 15.9 Å². The van der Waals surface area contributed by atoms with E-state index in [1.807, 2.05) is 0 Å². The number of rotatable bonds is 4. The molecular formula is C14H23BrN2O2. The topological polar surface area (TPSA) is 49.4 Å². The third kappa shape index (κ3) is 3.30. The van der Waals surface area contributed by atoms with Gasteiger partial charge in [0.25, 0.3) is 5.91 Å². The molecule has 1 aliphatic heterocycles. The fourth-order valence-corrected chi connectivity index (χ4v) is 3.49. The second-order valence-corrected chi connectivity index (χ2v) is 6.43. The molecule has 2 fully saturated rings. The van der Waals surface area contributed by atoms with Crippen molar-refractivity contribution in [2.24, 2.45) is 0 Å². The number of halogens is 1. The number of carbonyl (C=O) groups is 2. The molecule has 1 heterocycles. The average molecular weight is 331 g/mol. The highest BCUT2D eigenvalue weighted by atomic mass is 79.9. The minimum absolute atomic E-state index is 0.0222. The summed E-state index contributed by atoms with van der Waals surface area (Å²) in [6.07, 6.45) is 9.18. The number of imide groups is 1. The molecule has 2 rings (SSSR count). The normalized spacial score (nSPS) is 23.3. The van der Waals surface area contributed by atoms with Crippen molar-refractivity contribution in [1.82, 2.24) is 10.2 Å². The van der Waals surface area contributed by atoms with Gasteiger partial charge < -0.3 is 5.32 Å². The van der Waals surface area contributed by atoms with Crippen molar-refractivity contribution in [3.05, 3.63) is 0 Å². The molecule has 19 heavy (non-hydrogen) atoms. The standard InChI is InChI=1S/C14H23BrN2O2/c15-10-6-7-11-17-12(18)14(16-13(17)19)8-4-2-1-3-5-9-14/h1-11H2,(H,16,19). The lowest BCUT2D eigenvalue weighted by Crippen LogP contribution is -2.47. The molecular weight excluding hydrogens is 308 g/mol. The summed E-state index contributed by atoms with van der Waals surface area (Å²) >= 11 is 3.37. The van der Waals surface area contributed by atoms with Gasteiger partial charge >= 0.3 is 6.03 Å². The van der Waals surface area contributed by atoms with E-state index >= 15 is 0 Å². The van der Waals surface area contributed by atoms with Gasteiger partial charge in [-0.2, -0.15) is 0 Å². The van der Waals surface area contributed by atoms with E-state index in [9.17, 15) is 9.59 Å². The van der Waals surface area contributed by atoms with Crippen molar-refractivity contribution in [3.63, 3.8) is 0 Å². The molecule has 4 nitrogen and oxygen atoms in total. The van der Waals surface area contributed by atoms with Crippen LogP contribution in [0.3, 0.4) is 0 Å². The highest BCUT2D eigenvalue weighted by Crippen LogP contribution is 2.32. The van der Waals surface area contributed by atoms with Crippen molar-refractivity contribution >= 4 is 27.9 Å².